The summed E-state index contributed by atoms with van der Waals surface area (Å²) in [6, 6.07) is 13.2. The molecule has 1 aromatic carbocycles. The summed E-state index contributed by atoms with van der Waals surface area (Å²) in [6.07, 6.45) is 1.63. The van der Waals surface area contributed by atoms with Crippen molar-refractivity contribution in [1.82, 2.24) is 9.88 Å². The van der Waals surface area contributed by atoms with Crippen molar-refractivity contribution in [3.63, 3.8) is 0 Å². The number of hydrogen-bond donors (Lipinski definition) is 1. The van der Waals surface area contributed by atoms with E-state index in [9.17, 15) is 14.7 Å². The van der Waals surface area contributed by atoms with E-state index in [1.165, 1.54) is 0 Å². The highest BCUT2D eigenvalue weighted by atomic mass is 16.5. The van der Waals surface area contributed by atoms with Crippen LogP contribution < -0.4 is 4.90 Å². The van der Waals surface area contributed by atoms with Crippen molar-refractivity contribution in [3.05, 3.63) is 59.8 Å². The van der Waals surface area contributed by atoms with Gasteiger partial charge < -0.3 is 19.6 Å². The molecule has 2 aliphatic heterocycles. The van der Waals surface area contributed by atoms with Crippen molar-refractivity contribution >= 4 is 17.7 Å². The fourth-order valence-electron chi connectivity index (χ4n) is 4.64. The SMILES string of the molecule is CCOCC(=O)N1C[C@@H]2CN(c3ncccc3C(=O)O)C[C@@H]2[C@H]1c1ccccc1. The lowest BCUT2D eigenvalue weighted by Gasteiger charge is -2.30. The molecule has 2 fully saturated rings. The Morgan fingerprint density at radius 1 is 1.14 bits per heavy atom. The lowest BCUT2D eigenvalue weighted by molar-refractivity contribution is -0.137. The maximum atomic E-state index is 12.8. The van der Waals surface area contributed by atoms with E-state index in [4.69, 9.17) is 4.74 Å². The van der Waals surface area contributed by atoms with Crippen molar-refractivity contribution in [2.45, 2.75) is 13.0 Å². The Kier molecular flexibility index (Phi) is 5.49. The van der Waals surface area contributed by atoms with Gasteiger partial charge in [0.2, 0.25) is 5.91 Å². The summed E-state index contributed by atoms with van der Waals surface area (Å²) in [5.41, 5.74) is 1.32. The number of carbonyl (C=O) groups excluding carboxylic acids is 1. The van der Waals surface area contributed by atoms with E-state index in [2.05, 4.69) is 22.0 Å². The Morgan fingerprint density at radius 3 is 2.66 bits per heavy atom. The highest BCUT2D eigenvalue weighted by Gasteiger charge is 2.49. The zero-order valence-corrected chi connectivity index (χ0v) is 16.4. The van der Waals surface area contributed by atoms with Gasteiger partial charge in [0.1, 0.15) is 18.0 Å². The van der Waals surface area contributed by atoms with Crippen molar-refractivity contribution in [1.29, 1.82) is 0 Å². The third-order valence-electron chi connectivity index (χ3n) is 5.87. The summed E-state index contributed by atoms with van der Waals surface area (Å²) in [7, 11) is 0. The van der Waals surface area contributed by atoms with Crippen molar-refractivity contribution < 1.29 is 19.4 Å². The molecule has 0 aliphatic carbocycles. The van der Waals surface area contributed by atoms with Crippen LogP contribution in [0.3, 0.4) is 0 Å². The molecule has 4 rings (SSSR count). The molecule has 0 radical (unpaired) electrons. The number of anilines is 1. The van der Waals surface area contributed by atoms with Gasteiger partial charge >= 0.3 is 5.97 Å². The second-order valence-electron chi connectivity index (χ2n) is 7.55. The summed E-state index contributed by atoms with van der Waals surface area (Å²) in [5, 5.41) is 9.52. The number of fused-ring (bicyclic) bond motifs is 1. The van der Waals surface area contributed by atoms with Crippen LogP contribution >= 0.6 is 0 Å². The molecule has 0 saturated carbocycles. The second kappa shape index (κ2) is 8.21. The molecular weight excluding hydrogens is 370 g/mol. The predicted molar refractivity (Wildman–Crippen MR) is 108 cm³/mol. The summed E-state index contributed by atoms with van der Waals surface area (Å²) in [4.78, 5) is 32.8. The molecule has 7 heteroatoms. The van der Waals surface area contributed by atoms with Gasteiger partial charge in [0.05, 0.1) is 6.04 Å². The van der Waals surface area contributed by atoms with Crippen LogP contribution in [-0.4, -0.2) is 59.7 Å². The molecule has 2 aromatic rings. The number of pyridine rings is 1. The van der Waals surface area contributed by atoms with Crippen molar-refractivity contribution in [2.75, 3.05) is 37.7 Å². The zero-order valence-electron chi connectivity index (χ0n) is 16.4. The first-order valence-electron chi connectivity index (χ1n) is 9.95. The minimum atomic E-state index is -0.974. The molecule has 2 saturated heterocycles. The van der Waals surface area contributed by atoms with Gasteiger partial charge in [-0.15, -0.1) is 0 Å². The normalized spacial score (nSPS) is 23.3. The standard InChI is InChI=1S/C22H25N3O4/c1-2-29-14-19(26)25-12-16-11-24(21-17(22(27)28)9-6-10-23-21)13-18(16)20(25)15-7-4-3-5-8-15/h3-10,16,18,20H,2,11-14H2,1H3,(H,27,28)/t16-,18-,20+/m0/s1. The van der Waals surface area contributed by atoms with Crippen LogP contribution in [0.5, 0.6) is 0 Å². The number of carboxylic acid groups (broad SMARTS) is 1. The average molecular weight is 395 g/mol. The largest absolute Gasteiger partial charge is 0.478 e. The van der Waals surface area contributed by atoms with Gasteiger partial charge in [0, 0.05) is 44.3 Å². The van der Waals surface area contributed by atoms with E-state index in [1.807, 2.05) is 30.0 Å². The molecule has 3 heterocycles. The molecule has 1 amide bonds. The van der Waals surface area contributed by atoms with E-state index in [-0.39, 0.29) is 36.0 Å². The number of aromatic carboxylic acids is 1. The Bertz CT molecular complexity index is 889. The number of hydrogen-bond acceptors (Lipinski definition) is 5. The Morgan fingerprint density at radius 2 is 1.93 bits per heavy atom. The summed E-state index contributed by atoms with van der Waals surface area (Å²) >= 11 is 0. The quantitative estimate of drug-likeness (QED) is 0.809. The van der Waals surface area contributed by atoms with E-state index in [0.29, 0.717) is 32.1 Å². The Hall–Kier alpha value is -2.93. The van der Waals surface area contributed by atoms with Crippen molar-refractivity contribution in [2.24, 2.45) is 11.8 Å². The van der Waals surface area contributed by atoms with E-state index < -0.39 is 5.97 Å². The summed E-state index contributed by atoms with van der Waals surface area (Å²) in [6.45, 7) is 4.47. The van der Waals surface area contributed by atoms with Gasteiger partial charge in [-0.05, 0) is 24.6 Å². The first-order valence-corrected chi connectivity index (χ1v) is 9.95. The minimum Gasteiger partial charge on any atom is -0.478 e. The van der Waals surface area contributed by atoms with Crippen LogP contribution in [-0.2, 0) is 9.53 Å². The molecule has 3 atom stereocenters. The zero-order chi connectivity index (χ0) is 20.4. The van der Waals surface area contributed by atoms with E-state index >= 15 is 0 Å². The van der Waals surface area contributed by atoms with Crippen LogP contribution in [0.2, 0.25) is 0 Å². The number of amides is 1. The molecule has 0 spiro atoms. The molecule has 1 aromatic heterocycles. The molecule has 29 heavy (non-hydrogen) atoms. The number of benzene rings is 1. The molecule has 0 bridgehead atoms. The van der Waals surface area contributed by atoms with Crippen molar-refractivity contribution in [3.8, 4) is 0 Å². The summed E-state index contributed by atoms with van der Waals surface area (Å²) < 4.78 is 5.37. The fourth-order valence-corrected chi connectivity index (χ4v) is 4.64. The van der Waals surface area contributed by atoms with Gasteiger partial charge in [-0.3, -0.25) is 4.79 Å². The van der Waals surface area contributed by atoms with Gasteiger partial charge in [0.15, 0.2) is 0 Å². The Balaban J connectivity index is 1.61. The highest BCUT2D eigenvalue weighted by Crippen LogP contribution is 2.46. The number of carboxylic acids is 1. The number of ether oxygens (including phenoxy) is 1. The average Bonchev–Trinajstić information content (AvgIpc) is 3.30. The molecule has 7 nitrogen and oxygen atoms in total. The summed E-state index contributed by atoms with van der Waals surface area (Å²) in [5.74, 6) is 0.0125. The van der Waals surface area contributed by atoms with E-state index in [0.717, 1.165) is 5.56 Å². The second-order valence-corrected chi connectivity index (χ2v) is 7.55. The van der Waals surface area contributed by atoms with Gasteiger partial charge in [-0.25, -0.2) is 9.78 Å². The number of nitrogens with zero attached hydrogens (tertiary/aromatic N) is 3. The minimum absolute atomic E-state index is 0.00529. The van der Waals surface area contributed by atoms with Gasteiger partial charge in [0.25, 0.3) is 0 Å². The van der Waals surface area contributed by atoms with Crippen LogP contribution in [0, 0.1) is 11.8 Å². The molecule has 152 valence electrons. The van der Waals surface area contributed by atoms with E-state index in [1.54, 1.807) is 18.3 Å². The van der Waals surface area contributed by atoms with Crippen LogP contribution in [0.15, 0.2) is 48.7 Å². The molecule has 0 unspecified atom stereocenters. The first-order chi connectivity index (χ1) is 14.1. The maximum absolute atomic E-state index is 12.8. The number of likely N-dealkylation sites (tertiary alicyclic amines) is 1. The number of rotatable bonds is 6. The Labute approximate surface area is 169 Å². The highest BCUT2D eigenvalue weighted by molar-refractivity contribution is 5.93. The monoisotopic (exact) mass is 395 g/mol. The number of carbonyl (C=O) groups is 2. The predicted octanol–water partition coefficient (Wildman–Crippen LogP) is 2.45. The lowest BCUT2D eigenvalue weighted by Crippen LogP contribution is -2.38. The van der Waals surface area contributed by atoms with Gasteiger partial charge in [-0.2, -0.15) is 0 Å². The first kappa shape index (κ1) is 19.4. The molecule has 2 aliphatic rings. The maximum Gasteiger partial charge on any atom is 0.339 e. The van der Waals surface area contributed by atoms with Crippen LogP contribution in [0.4, 0.5) is 5.82 Å². The van der Waals surface area contributed by atoms with Crippen LogP contribution in [0.25, 0.3) is 0 Å². The number of aromatic nitrogens is 1. The topological polar surface area (TPSA) is 83.0 Å². The van der Waals surface area contributed by atoms with Gasteiger partial charge in [-0.1, -0.05) is 30.3 Å². The third kappa shape index (κ3) is 3.70. The smallest absolute Gasteiger partial charge is 0.339 e. The molecule has 1 N–H and O–H groups in total. The fraction of sp³-hybridized carbons (Fsp3) is 0.409. The molecular formula is C22H25N3O4. The third-order valence-corrected chi connectivity index (χ3v) is 5.87. The van der Waals surface area contributed by atoms with Crippen LogP contribution in [0.1, 0.15) is 28.9 Å². The lowest BCUT2D eigenvalue weighted by atomic mass is 9.89.